The number of amides is 3. The van der Waals surface area contributed by atoms with E-state index in [2.05, 4.69) is 45.3 Å². The second-order valence-electron chi connectivity index (χ2n) is 9.40. The van der Waals surface area contributed by atoms with Crippen LogP contribution in [0.2, 0.25) is 5.02 Å². The van der Waals surface area contributed by atoms with Crippen LogP contribution in [0.3, 0.4) is 0 Å². The number of anilines is 2. The number of aliphatic hydroxyl groups is 1. The summed E-state index contributed by atoms with van der Waals surface area (Å²) in [5.41, 5.74) is -1.23. The highest BCUT2D eigenvalue weighted by molar-refractivity contribution is 9.10. The molecule has 2 heterocycles. The number of benzene rings is 2. The van der Waals surface area contributed by atoms with Gasteiger partial charge in [-0.25, -0.2) is 4.79 Å². The lowest BCUT2D eigenvalue weighted by atomic mass is 9.94. The Balaban J connectivity index is 1.58. The summed E-state index contributed by atoms with van der Waals surface area (Å²) in [7, 11) is 0. The number of halogens is 2. The van der Waals surface area contributed by atoms with Crippen LogP contribution in [0, 0.1) is 11.8 Å². The van der Waals surface area contributed by atoms with E-state index in [1.807, 2.05) is 0 Å². The maximum Gasteiger partial charge on any atom is 0.329 e. The van der Waals surface area contributed by atoms with E-state index in [9.17, 15) is 14.7 Å². The summed E-state index contributed by atoms with van der Waals surface area (Å²) in [5.74, 6) is 0.288. The van der Waals surface area contributed by atoms with Crippen LogP contribution < -0.4 is 15.5 Å². The number of rotatable bonds is 6. The van der Waals surface area contributed by atoms with Crippen molar-refractivity contribution in [1.82, 2.24) is 10.2 Å². The van der Waals surface area contributed by atoms with Gasteiger partial charge in [-0.2, -0.15) is 0 Å². The predicted octanol–water partition coefficient (Wildman–Crippen LogP) is 4.78. The van der Waals surface area contributed by atoms with Crippen molar-refractivity contribution in [2.24, 2.45) is 11.8 Å². The fourth-order valence-electron chi connectivity index (χ4n) is 4.61. The molecule has 0 aromatic heterocycles. The van der Waals surface area contributed by atoms with Crippen LogP contribution in [0.25, 0.3) is 0 Å². The van der Waals surface area contributed by atoms with Crippen molar-refractivity contribution in [2.75, 3.05) is 36.4 Å². The SMILES string of the molecule is CC1CCN(CC(C)CNC(=O)C2(O)c3cc(Br)ccc3NC(=O)N2c2ccc(Cl)cc2)CC1. The number of urea groups is 1. The van der Waals surface area contributed by atoms with E-state index in [0.29, 0.717) is 27.4 Å². The average molecular weight is 550 g/mol. The number of carbonyl (C=O) groups excluding carboxylic acids is 2. The number of nitrogens with zero attached hydrogens (tertiary/aromatic N) is 2. The number of nitrogens with one attached hydrogen (secondary N) is 2. The molecule has 2 unspecified atom stereocenters. The standard InChI is InChI=1S/C25H30BrClN4O3/c1-16-9-11-30(12-10-16)15-17(2)14-28-23(32)25(34)21-13-18(26)3-8-22(21)29-24(33)31(25)20-6-4-19(27)5-7-20/h3-8,13,16-17,34H,9-12,14-15H2,1-2H3,(H,28,32)(H,29,33). The van der Waals surface area contributed by atoms with Crippen molar-refractivity contribution in [2.45, 2.75) is 32.4 Å². The molecule has 1 saturated heterocycles. The zero-order valence-electron chi connectivity index (χ0n) is 19.4. The summed E-state index contributed by atoms with van der Waals surface area (Å²) in [6.07, 6.45) is 2.38. The summed E-state index contributed by atoms with van der Waals surface area (Å²) >= 11 is 9.44. The van der Waals surface area contributed by atoms with E-state index in [-0.39, 0.29) is 11.5 Å². The van der Waals surface area contributed by atoms with E-state index >= 15 is 0 Å². The van der Waals surface area contributed by atoms with Gasteiger partial charge in [0.05, 0.1) is 5.69 Å². The van der Waals surface area contributed by atoms with E-state index in [0.717, 1.165) is 30.5 Å². The Labute approximate surface area is 213 Å². The molecule has 2 aromatic rings. The lowest BCUT2D eigenvalue weighted by Crippen LogP contribution is -2.63. The topological polar surface area (TPSA) is 84.9 Å². The molecular weight excluding hydrogens is 520 g/mol. The molecule has 7 nitrogen and oxygen atoms in total. The van der Waals surface area contributed by atoms with Crippen molar-refractivity contribution < 1.29 is 14.7 Å². The third-order valence-electron chi connectivity index (χ3n) is 6.58. The number of hydrogen-bond donors (Lipinski definition) is 3. The largest absolute Gasteiger partial charge is 0.359 e. The van der Waals surface area contributed by atoms with Gasteiger partial charge in [-0.15, -0.1) is 0 Å². The summed E-state index contributed by atoms with van der Waals surface area (Å²) in [6.45, 7) is 7.74. The second kappa shape index (κ2) is 10.2. The molecule has 0 aliphatic carbocycles. The number of likely N-dealkylation sites (tertiary alicyclic amines) is 1. The van der Waals surface area contributed by atoms with E-state index < -0.39 is 17.7 Å². The van der Waals surface area contributed by atoms with Crippen LogP contribution in [0.5, 0.6) is 0 Å². The van der Waals surface area contributed by atoms with Gasteiger partial charge in [0.15, 0.2) is 0 Å². The minimum Gasteiger partial charge on any atom is -0.359 e. The number of carbonyl (C=O) groups is 2. The van der Waals surface area contributed by atoms with E-state index in [1.165, 1.54) is 12.8 Å². The molecule has 34 heavy (non-hydrogen) atoms. The molecule has 1 fully saturated rings. The van der Waals surface area contributed by atoms with Crippen molar-refractivity contribution in [3.05, 3.63) is 57.5 Å². The molecular formula is C25H30BrClN4O3. The second-order valence-corrected chi connectivity index (χ2v) is 10.8. The molecule has 4 rings (SSSR count). The maximum absolute atomic E-state index is 13.6. The normalized spacial score (nSPS) is 22.1. The van der Waals surface area contributed by atoms with Gasteiger partial charge in [0.1, 0.15) is 0 Å². The first-order valence-corrected chi connectivity index (χ1v) is 12.8. The van der Waals surface area contributed by atoms with Gasteiger partial charge in [0.2, 0.25) is 0 Å². The van der Waals surface area contributed by atoms with Gasteiger partial charge in [-0.05, 0) is 80.2 Å². The number of hydrogen-bond acceptors (Lipinski definition) is 4. The molecule has 9 heteroatoms. The Morgan fingerprint density at radius 2 is 1.94 bits per heavy atom. The fourth-order valence-corrected chi connectivity index (χ4v) is 5.10. The van der Waals surface area contributed by atoms with Crippen LogP contribution in [0.15, 0.2) is 46.9 Å². The first-order valence-electron chi connectivity index (χ1n) is 11.6. The molecule has 2 aliphatic heterocycles. The number of piperidine rings is 1. The summed E-state index contributed by atoms with van der Waals surface area (Å²) < 4.78 is 0.678. The Hall–Kier alpha value is -2.13. The lowest BCUT2D eigenvalue weighted by Gasteiger charge is -2.43. The van der Waals surface area contributed by atoms with Crippen molar-refractivity contribution in [1.29, 1.82) is 0 Å². The third-order valence-corrected chi connectivity index (χ3v) is 7.33. The third kappa shape index (κ3) is 5.10. The fraction of sp³-hybridized carbons (Fsp3) is 0.440. The van der Waals surface area contributed by atoms with Gasteiger partial charge in [-0.3, -0.25) is 9.69 Å². The summed E-state index contributed by atoms with van der Waals surface area (Å²) in [6, 6.07) is 10.9. The first-order chi connectivity index (χ1) is 16.2. The molecule has 2 aromatic carbocycles. The van der Waals surface area contributed by atoms with Crippen LogP contribution >= 0.6 is 27.5 Å². The first kappa shape index (κ1) is 25.0. The van der Waals surface area contributed by atoms with Crippen molar-refractivity contribution in [3.8, 4) is 0 Å². The molecule has 0 spiro atoms. The molecule has 0 bridgehead atoms. The predicted molar refractivity (Wildman–Crippen MR) is 138 cm³/mol. The Morgan fingerprint density at radius 3 is 2.62 bits per heavy atom. The highest BCUT2D eigenvalue weighted by Crippen LogP contribution is 2.41. The van der Waals surface area contributed by atoms with Gasteiger partial charge in [0, 0.05) is 33.8 Å². The van der Waals surface area contributed by atoms with E-state index in [1.54, 1.807) is 42.5 Å². The minimum atomic E-state index is -2.24. The van der Waals surface area contributed by atoms with Crippen molar-refractivity contribution in [3.63, 3.8) is 0 Å². The Morgan fingerprint density at radius 1 is 1.26 bits per heavy atom. The molecule has 2 atom stereocenters. The van der Waals surface area contributed by atoms with Crippen LogP contribution in [-0.4, -0.2) is 48.1 Å². The molecule has 3 amide bonds. The Bertz CT molecular complexity index is 1060. The zero-order valence-corrected chi connectivity index (χ0v) is 21.7. The van der Waals surface area contributed by atoms with Gasteiger partial charge >= 0.3 is 6.03 Å². The summed E-state index contributed by atoms with van der Waals surface area (Å²) in [4.78, 5) is 30.2. The zero-order chi connectivity index (χ0) is 24.5. The lowest BCUT2D eigenvalue weighted by molar-refractivity contribution is -0.140. The summed E-state index contributed by atoms with van der Waals surface area (Å²) in [5, 5.41) is 18.1. The molecule has 3 N–H and O–H groups in total. The quantitative estimate of drug-likeness (QED) is 0.484. The van der Waals surface area contributed by atoms with Crippen LogP contribution in [-0.2, 0) is 10.5 Å². The highest BCUT2D eigenvalue weighted by atomic mass is 79.9. The van der Waals surface area contributed by atoms with Crippen LogP contribution in [0.1, 0.15) is 32.3 Å². The molecule has 182 valence electrons. The van der Waals surface area contributed by atoms with Crippen molar-refractivity contribution >= 4 is 50.8 Å². The van der Waals surface area contributed by atoms with Gasteiger partial charge in [-0.1, -0.05) is 41.4 Å². The minimum absolute atomic E-state index is 0.185. The molecule has 0 radical (unpaired) electrons. The van der Waals surface area contributed by atoms with Gasteiger partial charge < -0.3 is 20.6 Å². The number of fused-ring (bicyclic) bond motifs is 1. The molecule has 0 saturated carbocycles. The smallest absolute Gasteiger partial charge is 0.329 e. The van der Waals surface area contributed by atoms with Crippen LogP contribution in [0.4, 0.5) is 16.2 Å². The monoisotopic (exact) mass is 548 g/mol. The van der Waals surface area contributed by atoms with E-state index in [4.69, 9.17) is 11.6 Å². The maximum atomic E-state index is 13.6. The molecule has 2 aliphatic rings. The highest BCUT2D eigenvalue weighted by Gasteiger charge is 2.52. The Kier molecular flexibility index (Phi) is 7.52. The van der Waals surface area contributed by atoms with Gasteiger partial charge in [0.25, 0.3) is 11.6 Å². The average Bonchev–Trinajstić information content (AvgIpc) is 2.81.